The number of azide groups is 1. The summed E-state index contributed by atoms with van der Waals surface area (Å²) in [6, 6.07) is 0.160. The highest BCUT2D eigenvalue weighted by molar-refractivity contribution is 9.10. The maximum Gasteiger partial charge on any atom is 0.190 e. The lowest BCUT2D eigenvalue weighted by Crippen LogP contribution is -2.40. The van der Waals surface area contributed by atoms with Crippen LogP contribution in [0.3, 0.4) is 0 Å². The van der Waals surface area contributed by atoms with Crippen LogP contribution in [0.1, 0.15) is 32.6 Å². The predicted molar refractivity (Wildman–Crippen MR) is 110 cm³/mol. The summed E-state index contributed by atoms with van der Waals surface area (Å²) in [6.45, 7) is 3.20. The zero-order valence-corrected chi connectivity index (χ0v) is 17.9. The van der Waals surface area contributed by atoms with E-state index in [2.05, 4.69) is 40.8 Å². The molecule has 0 amide bonds. The minimum absolute atomic E-state index is 0.160. The zero-order valence-electron chi connectivity index (χ0n) is 14.7. The van der Waals surface area contributed by atoms with Gasteiger partial charge in [0, 0.05) is 24.0 Å². The summed E-state index contributed by atoms with van der Waals surface area (Å²) >= 11 is 10.8. The Bertz CT molecular complexity index is 893. The fourth-order valence-electron chi connectivity index (χ4n) is 3.30. The number of aromatic nitrogens is 3. The molecule has 1 aliphatic heterocycles. The number of halogens is 3. The molecule has 0 N–H and O–H groups in total. The van der Waals surface area contributed by atoms with Crippen LogP contribution in [-0.4, -0.2) is 39.8 Å². The third-order valence-electron chi connectivity index (χ3n) is 4.46. The minimum Gasteiger partial charge on any atom is -0.353 e. The molecule has 1 saturated heterocycles. The van der Waals surface area contributed by atoms with Gasteiger partial charge < -0.3 is 4.90 Å². The average Bonchev–Trinajstić information content (AvgIpc) is 2.66. The Labute approximate surface area is 173 Å². The lowest BCUT2D eigenvalue weighted by Gasteiger charge is -2.37. The Balaban J connectivity index is 2.15. The summed E-state index contributed by atoms with van der Waals surface area (Å²) in [7, 11) is 0. The number of thioether (sulfide) groups is 1. The van der Waals surface area contributed by atoms with Gasteiger partial charge in [-0.2, -0.15) is 0 Å². The van der Waals surface area contributed by atoms with Gasteiger partial charge in [0.2, 0.25) is 0 Å². The molecule has 144 valence electrons. The second-order valence-electron chi connectivity index (χ2n) is 6.08. The topological polar surface area (TPSA) is 90.7 Å². The molecule has 3 heterocycles. The van der Waals surface area contributed by atoms with E-state index in [1.165, 1.54) is 11.8 Å². The summed E-state index contributed by atoms with van der Waals surface area (Å²) < 4.78 is 15.1. The highest BCUT2D eigenvalue weighted by Gasteiger charge is 2.28. The molecule has 27 heavy (non-hydrogen) atoms. The van der Waals surface area contributed by atoms with Gasteiger partial charge in [0.05, 0.1) is 5.39 Å². The largest absolute Gasteiger partial charge is 0.353 e. The fraction of sp³-hybridized carbons (Fsp3) is 0.562. The molecule has 2 aromatic heterocycles. The van der Waals surface area contributed by atoms with Crippen LogP contribution in [0.5, 0.6) is 0 Å². The molecule has 7 nitrogen and oxygen atoms in total. The van der Waals surface area contributed by atoms with Gasteiger partial charge in [0.1, 0.15) is 15.9 Å². The Morgan fingerprint density at radius 3 is 2.96 bits per heavy atom. The molecular formula is C16H18BrClFN7S. The van der Waals surface area contributed by atoms with Crippen LogP contribution >= 0.6 is 39.3 Å². The predicted octanol–water partition coefficient (Wildman–Crippen LogP) is 5.75. The highest BCUT2D eigenvalue weighted by atomic mass is 79.9. The van der Waals surface area contributed by atoms with E-state index in [1.807, 2.05) is 6.92 Å². The Morgan fingerprint density at radius 2 is 2.22 bits per heavy atom. The van der Waals surface area contributed by atoms with Crippen molar-refractivity contribution < 1.29 is 4.39 Å². The second kappa shape index (κ2) is 9.23. The van der Waals surface area contributed by atoms with Crippen molar-refractivity contribution in [1.29, 1.82) is 0 Å². The summed E-state index contributed by atoms with van der Waals surface area (Å²) in [6.07, 6.45) is 3.79. The molecule has 3 rings (SSSR count). The molecule has 1 atom stereocenters. The maximum absolute atomic E-state index is 14.7. The van der Waals surface area contributed by atoms with Crippen molar-refractivity contribution in [3.8, 4) is 0 Å². The van der Waals surface area contributed by atoms with E-state index in [1.54, 1.807) is 0 Å². The van der Waals surface area contributed by atoms with Crippen molar-refractivity contribution in [3.63, 3.8) is 0 Å². The standard InChI is InChI=1S/C16H18BrClFN7S/c1-2-27-16-22-12-10(13(17)23-14(18)11(12)19)15(24-16)26-8-4-3-5-9(26)6-7-21-25-20/h9H,2-8H2,1H3. The third kappa shape index (κ3) is 4.39. The number of nitrogens with zero attached hydrogens (tertiary/aromatic N) is 7. The Hall–Kier alpha value is -1.35. The number of anilines is 1. The molecule has 0 aromatic carbocycles. The first kappa shape index (κ1) is 20.4. The highest BCUT2D eigenvalue weighted by Crippen LogP contribution is 2.37. The van der Waals surface area contributed by atoms with Gasteiger partial charge in [-0.15, -0.1) is 0 Å². The molecule has 11 heteroatoms. The van der Waals surface area contributed by atoms with Crippen LogP contribution in [0.4, 0.5) is 10.2 Å². The average molecular weight is 475 g/mol. The molecule has 2 aromatic rings. The Morgan fingerprint density at radius 1 is 1.41 bits per heavy atom. The molecule has 0 saturated carbocycles. The molecule has 0 radical (unpaired) electrons. The normalized spacial score (nSPS) is 17.2. The summed E-state index contributed by atoms with van der Waals surface area (Å²) in [4.78, 5) is 18.2. The summed E-state index contributed by atoms with van der Waals surface area (Å²) in [5, 5.41) is 4.48. The number of rotatable bonds is 6. The van der Waals surface area contributed by atoms with Crippen LogP contribution in [0.25, 0.3) is 21.3 Å². The lowest BCUT2D eigenvalue weighted by molar-refractivity contribution is 0.438. The minimum atomic E-state index is -0.640. The third-order valence-corrected chi connectivity index (χ3v) is 6.01. The molecule has 1 fully saturated rings. The maximum atomic E-state index is 14.7. The van der Waals surface area contributed by atoms with E-state index >= 15 is 0 Å². The van der Waals surface area contributed by atoms with Gasteiger partial charge >= 0.3 is 0 Å². The van der Waals surface area contributed by atoms with Crippen LogP contribution in [0, 0.1) is 5.82 Å². The molecule has 0 bridgehead atoms. The SMILES string of the molecule is CCSc1nc(N2CCCCC2CCN=[N+]=[N-])c2c(Br)nc(Cl)c(F)c2n1. The number of hydrogen-bond acceptors (Lipinski definition) is 6. The van der Waals surface area contributed by atoms with Gasteiger partial charge in [-0.3, -0.25) is 0 Å². The van der Waals surface area contributed by atoms with Gasteiger partial charge in [-0.1, -0.05) is 35.4 Å². The fourth-order valence-corrected chi connectivity index (χ4v) is 4.68. The number of fused-ring (bicyclic) bond motifs is 1. The van der Waals surface area contributed by atoms with Crippen molar-refractivity contribution in [1.82, 2.24) is 15.0 Å². The molecule has 1 aliphatic rings. The quantitative estimate of drug-likeness (QED) is 0.133. The van der Waals surface area contributed by atoms with E-state index < -0.39 is 5.82 Å². The Kier molecular flexibility index (Phi) is 6.97. The van der Waals surface area contributed by atoms with Gasteiger partial charge in [0.25, 0.3) is 0 Å². The van der Waals surface area contributed by atoms with E-state index in [0.717, 1.165) is 31.6 Å². The van der Waals surface area contributed by atoms with Crippen LogP contribution < -0.4 is 4.90 Å². The summed E-state index contributed by atoms with van der Waals surface area (Å²) in [5.74, 6) is 0.781. The second-order valence-corrected chi connectivity index (χ2v) is 8.42. The molecule has 1 unspecified atom stereocenters. The molecule has 0 aliphatic carbocycles. The van der Waals surface area contributed by atoms with Gasteiger partial charge in [-0.25, -0.2) is 19.3 Å². The van der Waals surface area contributed by atoms with Gasteiger partial charge in [-0.05, 0) is 52.9 Å². The van der Waals surface area contributed by atoms with E-state index in [9.17, 15) is 4.39 Å². The van der Waals surface area contributed by atoms with E-state index in [-0.39, 0.29) is 16.7 Å². The number of hydrogen-bond donors (Lipinski definition) is 0. The van der Waals surface area contributed by atoms with Crippen molar-refractivity contribution in [2.24, 2.45) is 5.11 Å². The van der Waals surface area contributed by atoms with E-state index in [0.29, 0.717) is 33.9 Å². The van der Waals surface area contributed by atoms with Crippen molar-refractivity contribution in [2.75, 3.05) is 23.7 Å². The van der Waals surface area contributed by atoms with Crippen molar-refractivity contribution in [2.45, 2.75) is 43.8 Å². The van der Waals surface area contributed by atoms with Crippen LogP contribution in [0.2, 0.25) is 5.15 Å². The van der Waals surface area contributed by atoms with Crippen molar-refractivity contribution in [3.05, 3.63) is 26.0 Å². The molecular weight excluding hydrogens is 457 g/mol. The first-order valence-electron chi connectivity index (χ1n) is 8.69. The number of piperidine rings is 1. The first-order valence-corrected chi connectivity index (χ1v) is 10.8. The van der Waals surface area contributed by atoms with Crippen LogP contribution in [0.15, 0.2) is 14.9 Å². The smallest absolute Gasteiger partial charge is 0.190 e. The van der Waals surface area contributed by atoms with Crippen molar-refractivity contribution >= 4 is 56.0 Å². The van der Waals surface area contributed by atoms with Gasteiger partial charge in [0.15, 0.2) is 16.1 Å². The zero-order chi connectivity index (χ0) is 19.4. The van der Waals surface area contributed by atoms with E-state index in [4.69, 9.17) is 22.1 Å². The summed E-state index contributed by atoms with van der Waals surface area (Å²) in [5.41, 5.74) is 8.73. The number of pyridine rings is 1. The lowest BCUT2D eigenvalue weighted by atomic mass is 9.99. The monoisotopic (exact) mass is 473 g/mol. The van der Waals surface area contributed by atoms with Crippen LogP contribution in [-0.2, 0) is 0 Å². The first-order chi connectivity index (χ1) is 13.1. The molecule has 0 spiro atoms.